The first-order valence-corrected chi connectivity index (χ1v) is 12.2. The second kappa shape index (κ2) is 8.80. The summed E-state index contributed by atoms with van der Waals surface area (Å²) in [5.41, 5.74) is 26.7. The van der Waals surface area contributed by atoms with Gasteiger partial charge >= 0.3 is 0 Å². The second-order valence-corrected chi connectivity index (χ2v) is 10.3. The number of benzene rings is 4. The van der Waals surface area contributed by atoms with Crippen LogP contribution in [0.5, 0.6) is 0 Å². The van der Waals surface area contributed by atoms with Crippen molar-refractivity contribution in [3.63, 3.8) is 0 Å². The predicted octanol–water partition coefficient (Wildman–Crippen LogP) is 9.05. The van der Waals surface area contributed by atoms with Crippen molar-refractivity contribution in [2.45, 2.75) is 62.3 Å². The van der Waals surface area contributed by atoms with Gasteiger partial charge in [-0.15, -0.1) is 0 Å². The molecule has 1 heteroatoms. The molecule has 0 bridgehead atoms. The molecule has 4 aromatic carbocycles. The van der Waals surface area contributed by atoms with E-state index in [0.717, 1.165) is 16.8 Å². The number of rotatable bonds is 3. The highest BCUT2D eigenvalue weighted by Crippen LogP contribution is 2.44. The van der Waals surface area contributed by atoms with Gasteiger partial charge in [-0.2, -0.15) is 0 Å². The van der Waals surface area contributed by atoms with Gasteiger partial charge in [0.25, 0.3) is 0 Å². The molecule has 0 aliphatic heterocycles. The predicted molar refractivity (Wildman–Crippen MR) is 150 cm³/mol. The molecule has 0 unspecified atom stereocenters. The number of anilines is 1. The van der Waals surface area contributed by atoms with Crippen LogP contribution in [0.25, 0.3) is 33.4 Å². The van der Waals surface area contributed by atoms with Crippen molar-refractivity contribution in [2.24, 2.45) is 0 Å². The van der Waals surface area contributed by atoms with E-state index < -0.39 is 0 Å². The summed E-state index contributed by atoms with van der Waals surface area (Å²) in [6.07, 6.45) is 0. The van der Waals surface area contributed by atoms with Crippen LogP contribution in [0.15, 0.2) is 48.5 Å². The second-order valence-electron chi connectivity index (χ2n) is 10.3. The van der Waals surface area contributed by atoms with E-state index in [9.17, 15) is 0 Å². The van der Waals surface area contributed by atoms with Crippen LogP contribution < -0.4 is 5.73 Å². The zero-order valence-corrected chi connectivity index (χ0v) is 22.2. The maximum atomic E-state index is 7.05. The van der Waals surface area contributed by atoms with E-state index in [4.69, 9.17) is 5.73 Å². The highest BCUT2D eigenvalue weighted by atomic mass is 14.6. The van der Waals surface area contributed by atoms with Gasteiger partial charge < -0.3 is 5.73 Å². The van der Waals surface area contributed by atoms with E-state index in [1.807, 2.05) is 0 Å². The maximum absolute atomic E-state index is 7.05. The fourth-order valence-corrected chi connectivity index (χ4v) is 6.06. The lowest BCUT2D eigenvalue weighted by molar-refractivity contribution is 1.30. The SMILES string of the molecule is Cc1cc(C)c(-c2cc(-c3c(C)cc(C)cc3C)c(N)c(-c3c(C)cc(C)cc3C)c2)c(C)c1. The van der Waals surface area contributed by atoms with Crippen LogP contribution in [-0.2, 0) is 0 Å². The molecule has 174 valence electrons. The van der Waals surface area contributed by atoms with Crippen LogP contribution in [0.4, 0.5) is 5.69 Å². The lowest BCUT2D eigenvalue weighted by Gasteiger charge is -2.22. The summed E-state index contributed by atoms with van der Waals surface area (Å²) in [6, 6.07) is 18.2. The maximum Gasteiger partial charge on any atom is 0.0474 e. The summed E-state index contributed by atoms with van der Waals surface area (Å²) in [5, 5.41) is 0. The largest absolute Gasteiger partial charge is 0.398 e. The van der Waals surface area contributed by atoms with Gasteiger partial charge in [-0.1, -0.05) is 53.1 Å². The van der Waals surface area contributed by atoms with Crippen molar-refractivity contribution in [1.29, 1.82) is 0 Å². The molecular formula is C33H37N. The lowest BCUT2D eigenvalue weighted by Crippen LogP contribution is -2.02. The summed E-state index contributed by atoms with van der Waals surface area (Å²) in [4.78, 5) is 0. The highest BCUT2D eigenvalue weighted by molar-refractivity contribution is 5.96. The van der Waals surface area contributed by atoms with Crippen LogP contribution in [0.1, 0.15) is 50.1 Å². The minimum Gasteiger partial charge on any atom is -0.398 e. The van der Waals surface area contributed by atoms with Crippen molar-refractivity contribution < 1.29 is 0 Å². The van der Waals surface area contributed by atoms with Gasteiger partial charge in [-0.3, -0.25) is 0 Å². The third-order valence-electron chi connectivity index (χ3n) is 7.04. The van der Waals surface area contributed by atoms with Crippen molar-refractivity contribution in [3.05, 3.63) is 98.6 Å². The Labute approximate surface area is 205 Å². The number of nitrogens with two attached hydrogens (primary N) is 1. The monoisotopic (exact) mass is 447 g/mol. The Morgan fingerprint density at radius 2 is 0.647 bits per heavy atom. The Morgan fingerprint density at radius 3 is 0.941 bits per heavy atom. The van der Waals surface area contributed by atoms with Crippen LogP contribution in [0, 0.1) is 62.3 Å². The summed E-state index contributed by atoms with van der Waals surface area (Å²) in [5.74, 6) is 0. The summed E-state index contributed by atoms with van der Waals surface area (Å²) >= 11 is 0. The van der Waals surface area contributed by atoms with Crippen molar-refractivity contribution in [2.75, 3.05) is 5.73 Å². The van der Waals surface area contributed by atoms with E-state index in [2.05, 4.69) is 111 Å². The lowest BCUT2D eigenvalue weighted by atomic mass is 9.83. The first-order chi connectivity index (χ1) is 16.0. The zero-order valence-electron chi connectivity index (χ0n) is 22.2. The molecule has 34 heavy (non-hydrogen) atoms. The molecule has 0 saturated heterocycles. The molecule has 0 heterocycles. The van der Waals surface area contributed by atoms with Crippen LogP contribution in [-0.4, -0.2) is 0 Å². The third-order valence-corrected chi connectivity index (χ3v) is 7.04. The van der Waals surface area contributed by atoms with E-state index >= 15 is 0 Å². The first kappa shape index (κ1) is 23.8. The Bertz CT molecular complexity index is 1290. The number of aryl methyl sites for hydroxylation is 9. The summed E-state index contributed by atoms with van der Waals surface area (Å²) < 4.78 is 0. The summed E-state index contributed by atoms with van der Waals surface area (Å²) in [7, 11) is 0. The van der Waals surface area contributed by atoms with Crippen molar-refractivity contribution >= 4 is 5.69 Å². The standard InChI is InChI=1S/C33H37N/c1-18-10-21(4)30(22(5)11-18)27-16-28(31-23(6)12-19(2)13-24(31)7)33(34)29(17-27)32-25(8)14-20(3)15-26(32)9/h10-17H,34H2,1-9H3. The Hall–Kier alpha value is -3.32. The third kappa shape index (κ3) is 4.16. The number of nitrogen functional groups attached to an aromatic ring is 1. The first-order valence-electron chi connectivity index (χ1n) is 12.2. The minimum absolute atomic E-state index is 0.858. The molecule has 2 N–H and O–H groups in total. The quantitative estimate of drug-likeness (QED) is 0.311. The molecule has 0 spiro atoms. The Kier molecular flexibility index (Phi) is 6.16. The van der Waals surface area contributed by atoms with E-state index in [-0.39, 0.29) is 0 Å². The van der Waals surface area contributed by atoms with Gasteiger partial charge in [0.2, 0.25) is 0 Å². The molecule has 0 saturated carbocycles. The van der Waals surface area contributed by atoms with Gasteiger partial charge in [0.05, 0.1) is 0 Å². The minimum atomic E-state index is 0.858. The molecular weight excluding hydrogens is 410 g/mol. The molecule has 0 aliphatic carbocycles. The molecule has 0 atom stereocenters. The Balaban J connectivity index is 2.15. The molecule has 0 amide bonds. The normalized spacial score (nSPS) is 11.2. The fraction of sp³-hybridized carbons (Fsp3) is 0.273. The molecule has 4 aromatic rings. The van der Waals surface area contributed by atoms with Crippen LogP contribution >= 0.6 is 0 Å². The zero-order chi connectivity index (χ0) is 24.9. The van der Waals surface area contributed by atoms with Crippen LogP contribution in [0.2, 0.25) is 0 Å². The molecule has 1 nitrogen and oxygen atoms in total. The van der Waals surface area contributed by atoms with Crippen molar-refractivity contribution in [3.8, 4) is 33.4 Å². The van der Waals surface area contributed by atoms with Crippen molar-refractivity contribution in [1.82, 2.24) is 0 Å². The number of hydrogen-bond acceptors (Lipinski definition) is 1. The molecule has 0 fully saturated rings. The fourth-order valence-electron chi connectivity index (χ4n) is 6.06. The highest BCUT2D eigenvalue weighted by Gasteiger charge is 2.20. The molecule has 0 radical (unpaired) electrons. The van der Waals surface area contributed by atoms with Gasteiger partial charge in [-0.25, -0.2) is 0 Å². The molecule has 0 aromatic heterocycles. The van der Waals surface area contributed by atoms with Gasteiger partial charge in [0.15, 0.2) is 0 Å². The van der Waals surface area contributed by atoms with E-state index in [0.29, 0.717) is 0 Å². The van der Waals surface area contributed by atoms with Gasteiger partial charge in [0, 0.05) is 16.8 Å². The average molecular weight is 448 g/mol. The number of hydrogen-bond donors (Lipinski definition) is 1. The molecule has 4 rings (SSSR count). The van der Waals surface area contributed by atoms with Gasteiger partial charge in [0.1, 0.15) is 0 Å². The molecule has 0 aliphatic rings. The van der Waals surface area contributed by atoms with E-state index in [1.54, 1.807) is 0 Å². The topological polar surface area (TPSA) is 26.0 Å². The average Bonchev–Trinajstić information content (AvgIpc) is 2.68. The van der Waals surface area contributed by atoms with Crippen LogP contribution in [0.3, 0.4) is 0 Å². The van der Waals surface area contributed by atoms with Gasteiger partial charge in [-0.05, 0) is 130 Å². The summed E-state index contributed by atoms with van der Waals surface area (Å²) in [6.45, 7) is 19.7. The van der Waals surface area contributed by atoms with E-state index in [1.165, 1.54) is 72.3 Å². The Morgan fingerprint density at radius 1 is 0.382 bits per heavy atom. The smallest absolute Gasteiger partial charge is 0.0474 e.